The SMILES string of the molecule is COCc1nc(C2CCCCCN2)no1. The van der Waals surface area contributed by atoms with Crippen molar-refractivity contribution in [1.82, 2.24) is 15.5 Å². The molecule has 5 nitrogen and oxygen atoms in total. The van der Waals surface area contributed by atoms with Crippen molar-refractivity contribution in [3.63, 3.8) is 0 Å². The van der Waals surface area contributed by atoms with E-state index in [1.165, 1.54) is 19.3 Å². The van der Waals surface area contributed by atoms with Gasteiger partial charge in [0.2, 0.25) is 0 Å². The fraction of sp³-hybridized carbons (Fsp3) is 0.800. The Morgan fingerprint density at radius 2 is 2.40 bits per heavy atom. The Hall–Kier alpha value is -0.940. The summed E-state index contributed by atoms with van der Waals surface area (Å²) >= 11 is 0. The zero-order chi connectivity index (χ0) is 10.5. The Balaban J connectivity index is 2.00. The summed E-state index contributed by atoms with van der Waals surface area (Å²) in [5.41, 5.74) is 0. The molecule has 1 aromatic heterocycles. The summed E-state index contributed by atoms with van der Waals surface area (Å²) in [6.07, 6.45) is 4.84. The van der Waals surface area contributed by atoms with Crippen LogP contribution < -0.4 is 5.32 Å². The molecule has 2 rings (SSSR count). The maximum absolute atomic E-state index is 5.07. The third-order valence-electron chi connectivity index (χ3n) is 2.62. The van der Waals surface area contributed by atoms with Gasteiger partial charge >= 0.3 is 0 Å². The van der Waals surface area contributed by atoms with E-state index >= 15 is 0 Å². The molecule has 1 aromatic rings. The molecule has 1 fully saturated rings. The first-order chi connectivity index (χ1) is 7.40. The summed E-state index contributed by atoms with van der Waals surface area (Å²) in [7, 11) is 1.62. The first kappa shape index (κ1) is 10.6. The molecule has 1 saturated heterocycles. The average molecular weight is 211 g/mol. The van der Waals surface area contributed by atoms with Crippen molar-refractivity contribution in [3.8, 4) is 0 Å². The monoisotopic (exact) mass is 211 g/mol. The Bertz CT molecular complexity index is 293. The third kappa shape index (κ3) is 2.76. The number of ether oxygens (including phenoxy) is 1. The number of rotatable bonds is 3. The lowest BCUT2D eigenvalue weighted by Gasteiger charge is -2.09. The molecular formula is C10H17N3O2. The molecule has 0 aromatic carbocycles. The number of hydrogen-bond acceptors (Lipinski definition) is 5. The molecule has 0 aliphatic carbocycles. The summed E-state index contributed by atoms with van der Waals surface area (Å²) in [6, 6.07) is 0.252. The van der Waals surface area contributed by atoms with Gasteiger partial charge in [0, 0.05) is 7.11 Å². The predicted octanol–water partition coefficient (Wildman–Crippen LogP) is 1.42. The van der Waals surface area contributed by atoms with E-state index in [4.69, 9.17) is 9.26 Å². The molecule has 0 saturated carbocycles. The molecule has 0 spiro atoms. The molecule has 0 bridgehead atoms. The second-order valence-electron chi connectivity index (χ2n) is 3.84. The number of hydrogen-bond donors (Lipinski definition) is 1. The molecule has 1 aliphatic rings. The van der Waals surface area contributed by atoms with Gasteiger partial charge in [-0.3, -0.25) is 0 Å². The smallest absolute Gasteiger partial charge is 0.252 e. The normalized spacial score (nSPS) is 22.6. The molecule has 1 unspecified atom stereocenters. The van der Waals surface area contributed by atoms with Crippen LogP contribution in [-0.4, -0.2) is 23.8 Å². The van der Waals surface area contributed by atoms with Crippen LogP contribution in [0.25, 0.3) is 0 Å². The number of aromatic nitrogens is 2. The number of nitrogens with zero attached hydrogens (tertiary/aromatic N) is 2. The zero-order valence-corrected chi connectivity index (χ0v) is 9.03. The van der Waals surface area contributed by atoms with Crippen LogP contribution >= 0.6 is 0 Å². The topological polar surface area (TPSA) is 60.2 Å². The van der Waals surface area contributed by atoms with Gasteiger partial charge in [0.15, 0.2) is 5.82 Å². The molecule has 5 heteroatoms. The summed E-state index contributed by atoms with van der Waals surface area (Å²) in [5, 5.41) is 7.40. The second kappa shape index (κ2) is 5.23. The first-order valence-corrected chi connectivity index (χ1v) is 5.45. The van der Waals surface area contributed by atoms with Gasteiger partial charge < -0.3 is 14.6 Å². The van der Waals surface area contributed by atoms with Crippen molar-refractivity contribution in [2.45, 2.75) is 38.3 Å². The minimum absolute atomic E-state index is 0.252. The van der Waals surface area contributed by atoms with Crippen molar-refractivity contribution in [1.29, 1.82) is 0 Å². The van der Waals surface area contributed by atoms with Gasteiger partial charge in [-0.05, 0) is 19.4 Å². The Morgan fingerprint density at radius 3 is 3.27 bits per heavy atom. The maximum Gasteiger partial charge on any atom is 0.252 e. The van der Waals surface area contributed by atoms with Crippen LogP contribution in [0.5, 0.6) is 0 Å². The number of nitrogens with one attached hydrogen (secondary N) is 1. The van der Waals surface area contributed by atoms with Gasteiger partial charge in [0.1, 0.15) is 6.61 Å². The molecule has 0 radical (unpaired) electrons. The summed E-state index contributed by atoms with van der Waals surface area (Å²) in [4.78, 5) is 4.30. The quantitative estimate of drug-likeness (QED) is 0.819. The van der Waals surface area contributed by atoms with Crippen molar-refractivity contribution >= 4 is 0 Å². The highest BCUT2D eigenvalue weighted by Gasteiger charge is 2.19. The predicted molar refractivity (Wildman–Crippen MR) is 54.2 cm³/mol. The molecule has 0 amide bonds. The van der Waals surface area contributed by atoms with Crippen LogP contribution in [0.4, 0.5) is 0 Å². The van der Waals surface area contributed by atoms with E-state index in [9.17, 15) is 0 Å². The fourth-order valence-electron chi connectivity index (χ4n) is 1.84. The third-order valence-corrected chi connectivity index (χ3v) is 2.62. The second-order valence-corrected chi connectivity index (χ2v) is 3.84. The van der Waals surface area contributed by atoms with Gasteiger partial charge in [-0.1, -0.05) is 18.0 Å². The van der Waals surface area contributed by atoms with Gasteiger partial charge in [-0.25, -0.2) is 0 Å². The molecule has 1 atom stereocenters. The van der Waals surface area contributed by atoms with Gasteiger partial charge in [-0.15, -0.1) is 0 Å². The maximum atomic E-state index is 5.07. The highest BCUT2D eigenvalue weighted by Crippen LogP contribution is 2.20. The molecule has 1 N–H and O–H groups in total. The number of methoxy groups -OCH3 is 1. The van der Waals surface area contributed by atoms with E-state index in [0.717, 1.165) is 18.8 Å². The minimum atomic E-state index is 0.252. The van der Waals surface area contributed by atoms with E-state index in [0.29, 0.717) is 12.5 Å². The first-order valence-electron chi connectivity index (χ1n) is 5.45. The van der Waals surface area contributed by atoms with Crippen molar-refractivity contribution in [2.75, 3.05) is 13.7 Å². The molecule has 1 aliphatic heterocycles. The van der Waals surface area contributed by atoms with Crippen LogP contribution in [0.15, 0.2) is 4.52 Å². The minimum Gasteiger partial charge on any atom is -0.375 e. The Kier molecular flexibility index (Phi) is 3.69. The highest BCUT2D eigenvalue weighted by atomic mass is 16.5. The van der Waals surface area contributed by atoms with Crippen molar-refractivity contribution in [3.05, 3.63) is 11.7 Å². The van der Waals surface area contributed by atoms with Gasteiger partial charge in [-0.2, -0.15) is 4.98 Å². The lowest BCUT2D eigenvalue weighted by atomic mass is 10.1. The molecular weight excluding hydrogens is 194 g/mol. The Labute approximate surface area is 89.2 Å². The van der Waals surface area contributed by atoms with E-state index < -0.39 is 0 Å². The van der Waals surface area contributed by atoms with Gasteiger partial charge in [0.25, 0.3) is 5.89 Å². The molecule has 84 valence electrons. The standard InChI is InChI=1S/C10H17N3O2/c1-14-7-9-12-10(13-15-9)8-5-3-2-4-6-11-8/h8,11H,2-7H2,1H3. The van der Waals surface area contributed by atoms with Crippen molar-refractivity contribution in [2.24, 2.45) is 0 Å². The summed E-state index contributed by atoms with van der Waals surface area (Å²) < 4.78 is 10.0. The van der Waals surface area contributed by atoms with E-state index in [1.807, 2.05) is 0 Å². The lowest BCUT2D eigenvalue weighted by molar-refractivity contribution is 0.151. The van der Waals surface area contributed by atoms with E-state index in [2.05, 4.69) is 15.5 Å². The van der Waals surface area contributed by atoms with E-state index in [1.54, 1.807) is 7.11 Å². The van der Waals surface area contributed by atoms with Crippen LogP contribution in [0, 0.1) is 0 Å². The Morgan fingerprint density at radius 1 is 1.47 bits per heavy atom. The van der Waals surface area contributed by atoms with Crippen molar-refractivity contribution < 1.29 is 9.26 Å². The van der Waals surface area contributed by atoms with Crippen LogP contribution in [-0.2, 0) is 11.3 Å². The fourth-order valence-corrected chi connectivity index (χ4v) is 1.84. The van der Waals surface area contributed by atoms with Gasteiger partial charge in [0.05, 0.1) is 6.04 Å². The van der Waals surface area contributed by atoms with Crippen LogP contribution in [0.1, 0.15) is 43.4 Å². The average Bonchev–Trinajstić information content (AvgIpc) is 2.53. The van der Waals surface area contributed by atoms with E-state index in [-0.39, 0.29) is 6.04 Å². The summed E-state index contributed by atoms with van der Waals surface area (Å²) in [5.74, 6) is 1.32. The molecule has 2 heterocycles. The largest absolute Gasteiger partial charge is 0.375 e. The van der Waals surface area contributed by atoms with Crippen LogP contribution in [0.2, 0.25) is 0 Å². The lowest BCUT2D eigenvalue weighted by Crippen LogP contribution is -2.21. The zero-order valence-electron chi connectivity index (χ0n) is 9.03. The summed E-state index contributed by atoms with van der Waals surface area (Å²) in [6.45, 7) is 1.43. The molecule has 15 heavy (non-hydrogen) atoms. The highest BCUT2D eigenvalue weighted by molar-refractivity contribution is 4.94. The van der Waals surface area contributed by atoms with Crippen LogP contribution in [0.3, 0.4) is 0 Å².